The predicted molar refractivity (Wildman–Crippen MR) is 87.9 cm³/mol. The number of rotatable bonds is 3. The minimum atomic E-state index is -0.302. The molecule has 2 aromatic carbocycles. The Kier molecular flexibility index (Phi) is 5.66. The van der Waals surface area contributed by atoms with Gasteiger partial charge in [-0.2, -0.15) is 0 Å². The molecule has 0 spiro atoms. The molecule has 0 N–H and O–H groups in total. The van der Waals surface area contributed by atoms with Crippen LogP contribution in [0.2, 0.25) is 0 Å². The Morgan fingerprint density at radius 2 is 1.59 bits per heavy atom. The van der Waals surface area contributed by atoms with Gasteiger partial charge in [0.25, 0.3) is 0 Å². The van der Waals surface area contributed by atoms with Crippen LogP contribution in [0, 0.1) is 0 Å². The van der Waals surface area contributed by atoms with Crippen molar-refractivity contribution in [2.24, 2.45) is 0 Å². The summed E-state index contributed by atoms with van der Waals surface area (Å²) in [7, 11) is 0. The number of fused-ring (bicyclic) bond motifs is 1. The molecule has 3 nitrogen and oxygen atoms in total. The van der Waals surface area contributed by atoms with Crippen LogP contribution in [0.3, 0.4) is 0 Å². The Hall–Kier alpha value is -2.68. The van der Waals surface area contributed by atoms with Gasteiger partial charge in [0.15, 0.2) is 0 Å². The van der Waals surface area contributed by atoms with E-state index in [1.807, 2.05) is 48.5 Å². The summed E-state index contributed by atoms with van der Waals surface area (Å²) < 4.78 is 4.91. The molecule has 3 rings (SSSR count). The minimum absolute atomic E-state index is 0.258. The fraction of sp³-hybridized carbons (Fsp3) is 0.158. The quantitative estimate of drug-likeness (QED) is 0.686. The maximum absolute atomic E-state index is 10.7. The third-order valence-corrected chi connectivity index (χ3v) is 3.14. The highest BCUT2D eigenvalue weighted by Crippen LogP contribution is 2.09. The van der Waals surface area contributed by atoms with Crippen molar-refractivity contribution in [3.05, 3.63) is 82.7 Å². The van der Waals surface area contributed by atoms with Gasteiger partial charge in [-0.05, 0) is 31.0 Å². The summed E-state index contributed by atoms with van der Waals surface area (Å²) in [6, 6.07) is 20.7. The fourth-order valence-corrected chi connectivity index (χ4v) is 1.98. The van der Waals surface area contributed by atoms with Crippen LogP contribution in [0.1, 0.15) is 18.9 Å². The van der Waals surface area contributed by atoms with Gasteiger partial charge < -0.3 is 9.21 Å². The maximum Gasteiger partial charge on any atom is 0.336 e. The van der Waals surface area contributed by atoms with Crippen molar-refractivity contribution in [3.8, 4) is 0 Å². The largest absolute Gasteiger partial charge is 0.423 e. The molecule has 0 unspecified atom stereocenters. The van der Waals surface area contributed by atoms with Crippen LogP contribution in [-0.4, -0.2) is 5.78 Å². The maximum atomic E-state index is 10.7. The number of para-hydroxylation sites is 1. The van der Waals surface area contributed by atoms with E-state index in [1.54, 1.807) is 19.1 Å². The number of Topliss-reactive ketones (excluding diaryl/α,β-unsaturated/α-hetero) is 1. The summed E-state index contributed by atoms with van der Waals surface area (Å²) in [5, 5.41) is 0.951. The van der Waals surface area contributed by atoms with E-state index in [1.165, 1.54) is 11.6 Å². The SMILES string of the molecule is CC(=O)CCc1ccccc1.O=c1ccc2ccccc2o1. The zero-order chi connectivity index (χ0) is 15.8. The molecule has 0 fully saturated rings. The van der Waals surface area contributed by atoms with Crippen LogP contribution in [0.5, 0.6) is 0 Å². The van der Waals surface area contributed by atoms with E-state index in [0.717, 1.165) is 11.8 Å². The normalized spacial score (nSPS) is 9.86. The lowest BCUT2D eigenvalue weighted by Crippen LogP contribution is -1.93. The highest BCUT2D eigenvalue weighted by atomic mass is 16.4. The molecule has 0 saturated heterocycles. The molecule has 112 valence electrons. The lowest BCUT2D eigenvalue weighted by Gasteiger charge is -1.96. The zero-order valence-electron chi connectivity index (χ0n) is 12.5. The van der Waals surface area contributed by atoms with Crippen LogP contribution >= 0.6 is 0 Å². The van der Waals surface area contributed by atoms with Gasteiger partial charge in [-0.15, -0.1) is 0 Å². The molecule has 22 heavy (non-hydrogen) atoms. The highest BCUT2D eigenvalue weighted by Gasteiger charge is 1.94. The van der Waals surface area contributed by atoms with Gasteiger partial charge in [-0.1, -0.05) is 48.5 Å². The minimum Gasteiger partial charge on any atom is -0.423 e. The summed E-state index contributed by atoms with van der Waals surface area (Å²) in [6.45, 7) is 1.63. The average molecular weight is 294 g/mol. The Morgan fingerprint density at radius 1 is 0.909 bits per heavy atom. The van der Waals surface area contributed by atoms with Gasteiger partial charge in [0.2, 0.25) is 0 Å². The van der Waals surface area contributed by atoms with Crippen molar-refractivity contribution in [1.82, 2.24) is 0 Å². The second-order valence-corrected chi connectivity index (χ2v) is 4.98. The van der Waals surface area contributed by atoms with Crippen LogP contribution in [-0.2, 0) is 11.2 Å². The molecule has 3 heteroatoms. The van der Waals surface area contributed by atoms with E-state index < -0.39 is 0 Å². The molecule has 0 saturated carbocycles. The second kappa shape index (κ2) is 7.93. The molecule has 0 aliphatic carbocycles. The Labute approximate surface area is 129 Å². The molecule has 1 heterocycles. The first kappa shape index (κ1) is 15.7. The number of carbonyl (C=O) groups is 1. The van der Waals surface area contributed by atoms with E-state index in [9.17, 15) is 9.59 Å². The van der Waals surface area contributed by atoms with E-state index in [0.29, 0.717) is 12.0 Å². The van der Waals surface area contributed by atoms with Crippen molar-refractivity contribution in [2.45, 2.75) is 19.8 Å². The Morgan fingerprint density at radius 3 is 2.32 bits per heavy atom. The zero-order valence-corrected chi connectivity index (χ0v) is 12.5. The van der Waals surface area contributed by atoms with E-state index in [-0.39, 0.29) is 11.4 Å². The lowest BCUT2D eigenvalue weighted by atomic mass is 10.1. The van der Waals surface area contributed by atoms with Gasteiger partial charge in [0, 0.05) is 17.9 Å². The summed E-state index contributed by atoms with van der Waals surface area (Å²) in [4.78, 5) is 21.3. The lowest BCUT2D eigenvalue weighted by molar-refractivity contribution is -0.116. The second-order valence-electron chi connectivity index (χ2n) is 4.98. The summed E-state index contributed by atoms with van der Waals surface area (Å²) in [6.07, 6.45) is 1.53. The fourth-order valence-electron chi connectivity index (χ4n) is 1.98. The van der Waals surface area contributed by atoms with Gasteiger partial charge in [0.05, 0.1) is 0 Å². The predicted octanol–water partition coefficient (Wildman–Crippen LogP) is 4.00. The first-order valence-electron chi connectivity index (χ1n) is 7.17. The Balaban J connectivity index is 0.000000160. The number of aryl methyl sites for hydroxylation is 1. The molecular formula is C19H18O3. The van der Waals surface area contributed by atoms with E-state index in [2.05, 4.69) is 0 Å². The van der Waals surface area contributed by atoms with Crippen molar-refractivity contribution < 1.29 is 9.21 Å². The van der Waals surface area contributed by atoms with Gasteiger partial charge in [0.1, 0.15) is 11.4 Å². The highest BCUT2D eigenvalue weighted by molar-refractivity contribution is 5.76. The number of hydrogen-bond acceptors (Lipinski definition) is 3. The molecule has 1 aromatic heterocycles. The van der Waals surface area contributed by atoms with E-state index in [4.69, 9.17) is 4.42 Å². The number of hydrogen-bond donors (Lipinski definition) is 0. The molecule has 3 aromatic rings. The van der Waals surface area contributed by atoms with Crippen LogP contribution in [0.25, 0.3) is 11.0 Å². The molecule has 0 aliphatic heterocycles. The summed E-state index contributed by atoms with van der Waals surface area (Å²) in [5.41, 5.74) is 1.58. The molecule has 0 atom stereocenters. The molecular weight excluding hydrogens is 276 g/mol. The van der Waals surface area contributed by atoms with Crippen molar-refractivity contribution >= 4 is 16.8 Å². The van der Waals surface area contributed by atoms with Crippen molar-refractivity contribution in [2.75, 3.05) is 0 Å². The number of benzene rings is 2. The Bertz CT molecular complexity index is 788. The van der Waals surface area contributed by atoms with Gasteiger partial charge in [-0.3, -0.25) is 0 Å². The van der Waals surface area contributed by atoms with E-state index >= 15 is 0 Å². The van der Waals surface area contributed by atoms with Gasteiger partial charge >= 0.3 is 5.63 Å². The molecule has 0 amide bonds. The average Bonchev–Trinajstić information content (AvgIpc) is 2.54. The van der Waals surface area contributed by atoms with Crippen LogP contribution in [0.15, 0.2) is 75.9 Å². The van der Waals surface area contributed by atoms with Crippen LogP contribution < -0.4 is 5.63 Å². The molecule has 0 aliphatic rings. The topological polar surface area (TPSA) is 47.3 Å². The summed E-state index contributed by atoms with van der Waals surface area (Å²) in [5.74, 6) is 0.258. The standard InChI is InChI=1S/C10H12O.C9H6O2/c1-9(11)7-8-10-5-3-2-4-6-10;10-9-6-5-7-3-1-2-4-8(7)11-9/h2-6H,7-8H2,1H3;1-6H. The molecule has 0 radical (unpaired) electrons. The summed E-state index contributed by atoms with van der Waals surface area (Å²) >= 11 is 0. The van der Waals surface area contributed by atoms with Gasteiger partial charge in [-0.25, -0.2) is 4.79 Å². The first-order chi connectivity index (χ1) is 10.6. The van der Waals surface area contributed by atoms with Crippen LogP contribution in [0.4, 0.5) is 0 Å². The van der Waals surface area contributed by atoms with Crippen molar-refractivity contribution in [1.29, 1.82) is 0 Å². The number of ketones is 1. The third-order valence-electron chi connectivity index (χ3n) is 3.14. The monoisotopic (exact) mass is 294 g/mol. The number of carbonyl (C=O) groups excluding carboxylic acids is 1. The first-order valence-corrected chi connectivity index (χ1v) is 7.17. The smallest absolute Gasteiger partial charge is 0.336 e. The molecule has 0 bridgehead atoms. The van der Waals surface area contributed by atoms with Crippen molar-refractivity contribution in [3.63, 3.8) is 0 Å². The third kappa shape index (κ3) is 5.02.